The van der Waals surface area contributed by atoms with Crippen molar-refractivity contribution < 1.29 is 14.3 Å². The lowest BCUT2D eigenvalue weighted by Gasteiger charge is -2.11. The minimum atomic E-state index is -0.109. The number of hydrogen-bond donors (Lipinski definition) is 0. The van der Waals surface area contributed by atoms with Gasteiger partial charge in [0.15, 0.2) is 5.78 Å². The molecule has 1 heterocycles. The molecule has 6 heteroatoms. The minimum absolute atomic E-state index is 0.00119. The molecule has 1 aromatic carbocycles. The Labute approximate surface area is 138 Å². The summed E-state index contributed by atoms with van der Waals surface area (Å²) in [7, 11) is 1.49. The Bertz CT molecular complexity index is 724. The molecular weight excluding hydrogens is 322 g/mol. The fourth-order valence-corrected chi connectivity index (χ4v) is 3.10. The lowest BCUT2D eigenvalue weighted by atomic mass is 10.0. The van der Waals surface area contributed by atoms with Gasteiger partial charge in [-0.1, -0.05) is 11.6 Å². The molecule has 0 saturated heterocycles. The largest absolute Gasteiger partial charge is 0.496 e. The van der Waals surface area contributed by atoms with Gasteiger partial charge in [-0.25, -0.2) is 4.98 Å². The highest BCUT2D eigenvalue weighted by molar-refractivity contribution is 7.09. The number of carbonyl (C=O) groups is 2. The number of halogens is 1. The Morgan fingerprint density at radius 3 is 2.59 bits per heavy atom. The van der Waals surface area contributed by atoms with E-state index in [4.69, 9.17) is 16.3 Å². The van der Waals surface area contributed by atoms with Crippen LogP contribution in [0.5, 0.6) is 5.75 Å². The van der Waals surface area contributed by atoms with Gasteiger partial charge in [0.2, 0.25) is 0 Å². The third kappa shape index (κ3) is 3.93. The fourth-order valence-electron chi connectivity index (χ4n) is 2.10. The third-order valence-electron chi connectivity index (χ3n) is 3.09. The molecule has 0 spiro atoms. The average Bonchev–Trinajstić information content (AvgIpc) is 2.85. The van der Waals surface area contributed by atoms with E-state index in [0.29, 0.717) is 21.9 Å². The van der Waals surface area contributed by atoms with Crippen molar-refractivity contribution in [2.24, 2.45) is 0 Å². The Balaban J connectivity index is 2.31. The van der Waals surface area contributed by atoms with E-state index in [2.05, 4.69) is 4.98 Å². The van der Waals surface area contributed by atoms with Crippen LogP contribution in [0.25, 0.3) is 0 Å². The molecule has 0 saturated carbocycles. The summed E-state index contributed by atoms with van der Waals surface area (Å²) in [4.78, 5) is 28.0. The maximum Gasteiger partial charge on any atom is 0.173 e. The molecule has 0 atom stereocenters. The normalized spacial score (nSPS) is 10.5. The van der Waals surface area contributed by atoms with E-state index in [0.717, 1.165) is 10.7 Å². The molecule has 116 valence electrons. The van der Waals surface area contributed by atoms with Crippen LogP contribution in [-0.4, -0.2) is 23.7 Å². The standard InChI is InChI=1S/C16H16ClNO3S/c1-9-8-22-16(18-9)7-14(20)12-6-13(17)11(4-10(2)19)5-15(12)21-3/h5-6,8H,4,7H2,1-3H3. The van der Waals surface area contributed by atoms with Gasteiger partial charge in [0, 0.05) is 22.5 Å². The van der Waals surface area contributed by atoms with E-state index in [9.17, 15) is 9.59 Å². The quantitative estimate of drug-likeness (QED) is 0.755. The first-order valence-electron chi connectivity index (χ1n) is 6.70. The van der Waals surface area contributed by atoms with Crippen molar-refractivity contribution >= 4 is 34.5 Å². The number of benzene rings is 1. The van der Waals surface area contributed by atoms with Crippen molar-refractivity contribution in [1.82, 2.24) is 4.98 Å². The van der Waals surface area contributed by atoms with Crippen molar-refractivity contribution in [2.45, 2.75) is 26.7 Å². The van der Waals surface area contributed by atoms with Crippen molar-refractivity contribution in [3.8, 4) is 5.75 Å². The summed E-state index contributed by atoms with van der Waals surface area (Å²) in [5.41, 5.74) is 1.97. The molecule has 0 radical (unpaired) electrons. The second-order valence-corrected chi connectivity index (χ2v) is 6.36. The molecule has 0 fully saturated rings. The lowest BCUT2D eigenvalue weighted by Crippen LogP contribution is -2.07. The van der Waals surface area contributed by atoms with E-state index in [1.807, 2.05) is 12.3 Å². The molecule has 0 bridgehead atoms. The van der Waals surface area contributed by atoms with Crippen LogP contribution in [-0.2, 0) is 17.6 Å². The molecule has 4 nitrogen and oxygen atoms in total. The summed E-state index contributed by atoms with van der Waals surface area (Å²) in [6, 6.07) is 3.23. The van der Waals surface area contributed by atoms with E-state index in [1.54, 1.807) is 12.1 Å². The predicted octanol–water partition coefficient (Wildman–Crippen LogP) is 3.67. The zero-order chi connectivity index (χ0) is 16.3. The molecule has 0 aliphatic heterocycles. The number of thiazole rings is 1. The van der Waals surface area contributed by atoms with Crippen LogP contribution in [0.15, 0.2) is 17.5 Å². The van der Waals surface area contributed by atoms with Crippen LogP contribution in [0.4, 0.5) is 0 Å². The van der Waals surface area contributed by atoms with Gasteiger partial charge in [-0.15, -0.1) is 11.3 Å². The number of hydrogen-bond acceptors (Lipinski definition) is 5. The second-order valence-electron chi connectivity index (χ2n) is 5.01. The van der Waals surface area contributed by atoms with Crippen LogP contribution >= 0.6 is 22.9 Å². The molecule has 2 aromatic rings. The van der Waals surface area contributed by atoms with E-state index in [1.165, 1.54) is 25.4 Å². The molecule has 2 rings (SSSR count). The van der Waals surface area contributed by atoms with Gasteiger partial charge in [-0.2, -0.15) is 0 Å². The first-order chi connectivity index (χ1) is 10.4. The van der Waals surface area contributed by atoms with Crippen molar-refractivity contribution in [3.63, 3.8) is 0 Å². The molecular formula is C16H16ClNO3S. The zero-order valence-corrected chi connectivity index (χ0v) is 14.2. The first kappa shape index (κ1) is 16.6. The number of methoxy groups -OCH3 is 1. The highest BCUT2D eigenvalue weighted by atomic mass is 35.5. The minimum Gasteiger partial charge on any atom is -0.496 e. The summed E-state index contributed by atoms with van der Waals surface area (Å²) in [5.74, 6) is 0.322. The summed E-state index contributed by atoms with van der Waals surface area (Å²) >= 11 is 7.63. The van der Waals surface area contributed by atoms with Crippen molar-refractivity contribution in [3.05, 3.63) is 44.4 Å². The van der Waals surface area contributed by atoms with Gasteiger partial charge >= 0.3 is 0 Å². The fraction of sp³-hybridized carbons (Fsp3) is 0.312. The van der Waals surface area contributed by atoms with E-state index in [-0.39, 0.29) is 24.4 Å². The molecule has 1 aromatic heterocycles. The molecule has 0 unspecified atom stereocenters. The predicted molar refractivity (Wildman–Crippen MR) is 87.3 cm³/mol. The highest BCUT2D eigenvalue weighted by Gasteiger charge is 2.18. The molecule has 0 amide bonds. The summed E-state index contributed by atoms with van der Waals surface area (Å²) in [6.45, 7) is 3.38. The molecule has 0 aliphatic carbocycles. The highest BCUT2D eigenvalue weighted by Crippen LogP contribution is 2.29. The van der Waals surface area contributed by atoms with Crippen molar-refractivity contribution in [1.29, 1.82) is 0 Å². The van der Waals surface area contributed by atoms with Gasteiger partial charge in [-0.3, -0.25) is 9.59 Å². The first-order valence-corrected chi connectivity index (χ1v) is 7.96. The number of nitrogens with zero attached hydrogens (tertiary/aromatic N) is 1. The number of ketones is 2. The van der Waals surface area contributed by atoms with E-state index < -0.39 is 0 Å². The van der Waals surface area contributed by atoms with Gasteiger partial charge in [0.25, 0.3) is 0 Å². The SMILES string of the molecule is COc1cc(CC(C)=O)c(Cl)cc1C(=O)Cc1nc(C)cs1. The Morgan fingerprint density at radius 1 is 1.32 bits per heavy atom. The third-order valence-corrected chi connectivity index (χ3v) is 4.41. The Hall–Kier alpha value is -1.72. The summed E-state index contributed by atoms with van der Waals surface area (Å²) in [6.07, 6.45) is 0.423. The topological polar surface area (TPSA) is 56.3 Å². The second kappa shape index (κ2) is 7.03. The molecule has 22 heavy (non-hydrogen) atoms. The van der Waals surface area contributed by atoms with Gasteiger partial charge in [0.05, 0.1) is 19.1 Å². The van der Waals surface area contributed by atoms with Crippen LogP contribution in [0, 0.1) is 6.92 Å². The van der Waals surface area contributed by atoms with Crippen LogP contribution in [0.1, 0.15) is 33.5 Å². The number of carbonyl (C=O) groups excluding carboxylic acids is 2. The summed E-state index contributed by atoms with van der Waals surface area (Å²) in [5, 5.41) is 3.06. The average molecular weight is 338 g/mol. The Morgan fingerprint density at radius 2 is 2.05 bits per heavy atom. The maximum absolute atomic E-state index is 12.4. The smallest absolute Gasteiger partial charge is 0.173 e. The zero-order valence-electron chi connectivity index (χ0n) is 12.6. The van der Waals surface area contributed by atoms with Gasteiger partial charge in [-0.05, 0) is 31.5 Å². The monoisotopic (exact) mass is 337 g/mol. The van der Waals surface area contributed by atoms with Crippen LogP contribution in [0.2, 0.25) is 5.02 Å². The molecule has 0 N–H and O–H groups in total. The lowest BCUT2D eigenvalue weighted by molar-refractivity contribution is -0.116. The van der Waals surface area contributed by atoms with Crippen molar-refractivity contribution in [2.75, 3.05) is 7.11 Å². The van der Waals surface area contributed by atoms with Gasteiger partial charge in [0.1, 0.15) is 16.5 Å². The van der Waals surface area contributed by atoms with Crippen LogP contribution in [0.3, 0.4) is 0 Å². The number of rotatable bonds is 6. The summed E-state index contributed by atoms with van der Waals surface area (Å²) < 4.78 is 5.28. The number of ether oxygens (including phenoxy) is 1. The number of aromatic nitrogens is 1. The number of aryl methyl sites for hydroxylation is 1. The van der Waals surface area contributed by atoms with E-state index >= 15 is 0 Å². The Kier molecular flexibility index (Phi) is 5.32. The van der Waals surface area contributed by atoms with Crippen LogP contribution < -0.4 is 4.74 Å². The number of Topliss-reactive ketones (excluding diaryl/α,β-unsaturated/α-hetero) is 2. The molecule has 0 aliphatic rings. The van der Waals surface area contributed by atoms with Gasteiger partial charge < -0.3 is 4.74 Å². The maximum atomic E-state index is 12.4.